The smallest absolute Gasteiger partial charge is 0.229 e. The van der Waals surface area contributed by atoms with Crippen LogP contribution in [0.4, 0.5) is 11.4 Å². The third-order valence-electron chi connectivity index (χ3n) is 5.69. The molecule has 3 heterocycles. The molecule has 8 heteroatoms. The molecule has 1 aromatic carbocycles. The van der Waals surface area contributed by atoms with Crippen LogP contribution in [0.3, 0.4) is 0 Å². The van der Waals surface area contributed by atoms with Gasteiger partial charge in [-0.15, -0.1) is 0 Å². The minimum atomic E-state index is -0.515. The van der Waals surface area contributed by atoms with E-state index in [1.54, 1.807) is 13.3 Å². The lowest BCUT2D eigenvalue weighted by Crippen LogP contribution is -2.30. The second kappa shape index (κ2) is 8.86. The Kier molecular flexibility index (Phi) is 6.12. The number of carbonyl (C=O) groups is 1. The summed E-state index contributed by atoms with van der Waals surface area (Å²) in [5, 5.41) is 7.03. The van der Waals surface area contributed by atoms with Gasteiger partial charge in [0, 0.05) is 42.8 Å². The maximum Gasteiger partial charge on any atom is 0.229 e. The largest absolute Gasteiger partial charge is 0.494 e. The van der Waals surface area contributed by atoms with E-state index in [0.717, 1.165) is 16.9 Å². The van der Waals surface area contributed by atoms with Gasteiger partial charge < -0.3 is 24.8 Å². The molecule has 0 unspecified atom stereocenters. The highest BCUT2D eigenvalue weighted by atomic mass is 32.1. The first-order valence-corrected chi connectivity index (χ1v) is 11.2. The molecule has 1 aliphatic heterocycles. The number of anilines is 2. The molecule has 1 fully saturated rings. The molecule has 0 spiro atoms. The molecule has 1 aliphatic rings. The molecule has 2 N–H and O–H groups in total. The van der Waals surface area contributed by atoms with E-state index >= 15 is 0 Å². The Morgan fingerprint density at radius 3 is 2.61 bits per heavy atom. The zero-order valence-electron chi connectivity index (χ0n) is 19.5. The van der Waals surface area contributed by atoms with Gasteiger partial charge in [-0.05, 0) is 48.1 Å². The number of methoxy groups -OCH3 is 1. The highest BCUT2D eigenvalue weighted by Gasteiger charge is 2.41. The molecule has 4 rings (SSSR count). The minimum Gasteiger partial charge on any atom is -0.494 e. The van der Waals surface area contributed by atoms with Crippen molar-refractivity contribution in [3.63, 3.8) is 0 Å². The van der Waals surface area contributed by atoms with Crippen molar-refractivity contribution >= 4 is 34.6 Å². The van der Waals surface area contributed by atoms with Crippen LogP contribution >= 0.6 is 12.2 Å². The summed E-state index contributed by atoms with van der Waals surface area (Å²) in [5.41, 5.74) is 3.00. The third-order valence-corrected chi connectivity index (χ3v) is 6.00. The number of ether oxygens (including phenoxy) is 1. The summed E-state index contributed by atoms with van der Waals surface area (Å²) in [6, 6.07) is 13.5. The van der Waals surface area contributed by atoms with Crippen LogP contribution in [0.25, 0.3) is 0 Å². The first-order chi connectivity index (χ1) is 15.7. The van der Waals surface area contributed by atoms with Gasteiger partial charge >= 0.3 is 0 Å². The van der Waals surface area contributed by atoms with Crippen LogP contribution in [0.2, 0.25) is 0 Å². The fraction of sp³-hybridized carbons (Fsp3) is 0.320. The summed E-state index contributed by atoms with van der Waals surface area (Å²) in [6.45, 7) is 5.62. The number of hydrogen-bond donors (Lipinski definition) is 2. The first kappa shape index (κ1) is 22.8. The van der Waals surface area contributed by atoms with Crippen molar-refractivity contribution in [2.24, 2.45) is 12.5 Å². The standard InChI is InChI=1S/C25H29N5O2S/c1-25(2,3)23(31)27-18-10-9-17(14-20(18)32-5)30-22(16-11-13-29(4)15-16)21(28-24(30)33)19-8-6-7-12-26-19/h6-15,21-22H,1-5H3,(H,27,31)(H,28,33)/t21-,22+/m0/s1. The van der Waals surface area contributed by atoms with Crippen molar-refractivity contribution in [3.05, 3.63) is 72.3 Å². The molecule has 0 bridgehead atoms. The van der Waals surface area contributed by atoms with Crippen molar-refractivity contribution in [3.8, 4) is 5.75 Å². The first-order valence-electron chi connectivity index (χ1n) is 10.8. The maximum absolute atomic E-state index is 12.5. The number of carbonyl (C=O) groups excluding carboxylic acids is 1. The number of aryl methyl sites for hydroxylation is 1. The van der Waals surface area contributed by atoms with Gasteiger partial charge in [0.1, 0.15) is 5.75 Å². The number of hydrogen-bond acceptors (Lipinski definition) is 4. The monoisotopic (exact) mass is 463 g/mol. The lowest BCUT2D eigenvalue weighted by atomic mass is 9.95. The molecule has 2 atom stereocenters. The molecule has 1 saturated heterocycles. The Labute approximate surface area is 199 Å². The van der Waals surface area contributed by atoms with Crippen LogP contribution in [0.15, 0.2) is 61.1 Å². The van der Waals surface area contributed by atoms with Gasteiger partial charge in [-0.1, -0.05) is 26.8 Å². The average Bonchev–Trinajstić information content (AvgIpc) is 3.36. The number of pyridine rings is 1. The highest BCUT2D eigenvalue weighted by Crippen LogP contribution is 2.43. The fourth-order valence-electron chi connectivity index (χ4n) is 3.91. The average molecular weight is 464 g/mol. The van der Waals surface area contributed by atoms with E-state index < -0.39 is 5.41 Å². The number of nitrogens with one attached hydrogen (secondary N) is 2. The second-order valence-electron chi connectivity index (χ2n) is 9.20. The minimum absolute atomic E-state index is 0.0794. The van der Waals surface area contributed by atoms with Gasteiger partial charge in [0.15, 0.2) is 5.11 Å². The zero-order valence-corrected chi connectivity index (χ0v) is 20.3. The Hall–Kier alpha value is -3.39. The normalized spacial score (nSPS) is 18.2. The van der Waals surface area contributed by atoms with Crippen molar-refractivity contribution in [1.82, 2.24) is 14.9 Å². The lowest BCUT2D eigenvalue weighted by Gasteiger charge is -2.28. The number of nitrogens with zero attached hydrogens (tertiary/aromatic N) is 3. The third kappa shape index (κ3) is 4.57. The van der Waals surface area contributed by atoms with Gasteiger partial charge in [0.2, 0.25) is 5.91 Å². The molecule has 0 saturated carbocycles. The number of aromatic nitrogens is 2. The zero-order chi connectivity index (χ0) is 23.8. The summed E-state index contributed by atoms with van der Waals surface area (Å²) in [6.07, 6.45) is 5.91. The van der Waals surface area contributed by atoms with Gasteiger partial charge in [0.05, 0.1) is 30.6 Å². The number of rotatable bonds is 5. The molecule has 33 heavy (non-hydrogen) atoms. The van der Waals surface area contributed by atoms with Crippen LogP contribution in [0.5, 0.6) is 5.75 Å². The summed E-state index contributed by atoms with van der Waals surface area (Å²) < 4.78 is 7.65. The van der Waals surface area contributed by atoms with E-state index in [1.807, 2.05) is 75.0 Å². The maximum atomic E-state index is 12.5. The van der Waals surface area contributed by atoms with E-state index in [-0.39, 0.29) is 18.0 Å². The predicted octanol–water partition coefficient (Wildman–Crippen LogP) is 4.59. The summed E-state index contributed by atoms with van der Waals surface area (Å²) in [5.74, 6) is 0.491. The highest BCUT2D eigenvalue weighted by molar-refractivity contribution is 7.80. The van der Waals surface area contributed by atoms with Gasteiger partial charge in [-0.2, -0.15) is 0 Å². The molecule has 0 aliphatic carbocycles. The van der Waals surface area contributed by atoms with Gasteiger partial charge in [-0.3, -0.25) is 9.78 Å². The Morgan fingerprint density at radius 1 is 1.21 bits per heavy atom. The van der Waals surface area contributed by atoms with E-state index in [1.165, 1.54) is 0 Å². The topological polar surface area (TPSA) is 71.4 Å². The SMILES string of the molecule is COc1cc(N2C(=S)N[C@@H](c3ccccn3)[C@H]2c2ccn(C)c2)ccc1NC(=O)C(C)(C)C. The van der Waals surface area contributed by atoms with Crippen molar-refractivity contribution < 1.29 is 9.53 Å². The van der Waals surface area contributed by atoms with Crippen LogP contribution in [0, 0.1) is 5.41 Å². The molecule has 172 valence electrons. The van der Waals surface area contributed by atoms with Crippen LogP contribution in [-0.4, -0.2) is 27.7 Å². The van der Waals surface area contributed by atoms with E-state index in [4.69, 9.17) is 17.0 Å². The Morgan fingerprint density at radius 2 is 2.00 bits per heavy atom. The molecular formula is C25H29N5O2S. The van der Waals surface area contributed by atoms with Crippen molar-refractivity contribution in [1.29, 1.82) is 0 Å². The summed E-state index contributed by atoms with van der Waals surface area (Å²) in [7, 11) is 3.60. The van der Waals surface area contributed by atoms with E-state index in [0.29, 0.717) is 16.5 Å². The fourth-order valence-corrected chi connectivity index (χ4v) is 4.26. The second-order valence-corrected chi connectivity index (χ2v) is 9.58. The van der Waals surface area contributed by atoms with Crippen LogP contribution in [-0.2, 0) is 11.8 Å². The van der Waals surface area contributed by atoms with Crippen molar-refractivity contribution in [2.75, 3.05) is 17.3 Å². The molecule has 3 aromatic rings. The molecule has 0 radical (unpaired) electrons. The summed E-state index contributed by atoms with van der Waals surface area (Å²) >= 11 is 5.78. The van der Waals surface area contributed by atoms with E-state index in [9.17, 15) is 4.79 Å². The summed E-state index contributed by atoms with van der Waals surface area (Å²) in [4.78, 5) is 19.2. The lowest BCUT2D eigenvalue weighted by molar-refractivity contribution is -0.123. The number of amides is 1. The van der Waals surface area contributed by atoms with E-state index in [2.05, 4.69) is 32.8 Å². The molecule has 2 aromatic heterocycles. The molecule has 7 nitrogen and oxygen atoms in total. The number of benzene rings is 1. The van der Waals surface area contributed by atoms with Crippen molar-refractivity contribution in [2.45, 2.75) is 32.9 Å². The Balaban J connectivity index is 1.74. The van der Waals surface area contributed by atoms with Crippen LogP contribution in [0.1, 0.15) is 44.1 Å². The van der Waals surface area contributed by atoms with Gasteiger partial charge in [-0.25, -0.2) is 0 Å². The predicted molar refractivity (Wildman–Crippen MR) is 134 cm³/mol. The quantitative estimate of drug-likeness (QED) is 0.540. The Bertz CT molecular complexity index is 1170. The van der Waals surface area contributed by atoms with Gasteiger partial charge in [0.25, 0.3) is 0 Å². The molecule has 1 amide bonds. The molecular weight excluding hydrogens is 434 g/mol. The number of thiocarbonyl (C=S) groups is 1. The van der Waals surface area contributed by atoms with Crippen LogP contribution < -0.4 is 20.3 Å².